The third-order valence-electron chi connectivity index (χ3n) is 4.81. The molecule has 0 heterocycles. The predicted octanol–water partition coefficient (Wildman–Crippen LogP) is 7.38. The molecule has 0 aliphatic heterocycles. The Morgan fingerprint density at radius 3 is 1.67 bits per heavy atom. The van der Waals surface area contributed by atoms with E-state index in [0.29, 0.717) is 13.2 Å². The highest BCUT2D eigenvalue weighted by atomic mass is 16.5. The van der Waals surface area contributed by atoms with Crippen LogP contribution in [0.15, 0.2) is 106 Å². The molecule has 0 bridgehead atoms. The summed E-state index contributed by atoms with van der Waals surface area (Å²) in [6.45, 7) is 9.18. The molecule has 0 N–H and O–H groups in total. The van der Waals surface area contributed by atoms with E-state index in [4.69, 9.17) is 4.74 Å². The van der Waals surface area contributed by atoms with Crippen LogP contribution in [-0.2, 0) is 9.53 Å². The van der Waals surface area contributed by atoms with Crippen LogP contribution in [0.2, 0.25) is 0 Å². The first-order valence-electron chi connectivity index (χ1n) is 10.7. The summed E-state index contributed by atoms with van der Waals surface area (Å²) in [6, 6.07) is 23.0. The van der Waals surface area contributed by atoms with Gasteiger partial charge in [-0.1, -0.05) is 24.3 Å². The topological polar surface area (TPSA) is 79.0 Å². The van der Waals surface area contributed by atoms with Crippen molar-refractivity contribution in [3.63, 3.8) is 0 Å². The van der Waals surface area contributed by atoms with Gasteiger partial charge in [0.1, 0.15) is 6.61 Å². The molecule has 0 fully saturated rings. The molecular formula is C26H27N5O2. The number of hydrogen-bond donors (Lipinski definition) is 0. The number of benzene rings is 3. The van der Waals surface area contributed by atoms with Gasteiger partial charge in [0.2, 0.25) is 0 Å². The van der Waals surface area contributed by atoms with Crippen molar-refractivity contribution in [1.82, 2.24) is 0 Å². The lowest BCUT2D eigenvalue weighted by Gasteiger charge is -2.22. The smallest absolute Gasteiger partial charge is 0.330 e. The van der Waals surface area contributed by atoms with Crippen molar-refractivity contribution in [2.24, 2.45) is 20.5 Å². The van der Waals surface area contributed by atoms with E-state index < -0.39 is 5.97 Å². The van der Waals surface area contributed by atoms with E-state index in [1.165, 1.54) is 11.6 Å². The number of nitrogens with zero attached hydrogens (tertiary/aromatic N) is 5. The lowest BCUT2D eigenvalue weighted by Crippen LogP contribution is -2.27. The molecule has 0 unspecified atom stereocenters. The first kappa shape index (κ1) is 23.5. The van der Waals surface area contributed by atoms with Crippen LogP contribution in [0.25, 0.3) is 0 Å². The van der Waals surface area contributed by atoms with Gasteiger partial charge in [0.15, 0.2) is 0 Å². The quantitative estimate of drug-likeness (QED) is 0.187. The molecule has 3 aromatic carbocycles. The van der Waals surface area contributed by atoms with Gasteiger partial charge in [-0.15, -0.1) is 0 Å². The van der Waals surface area contributed by atoms with Crippen molar-refractivity contribution >= 4 is 34.4 Å². The Hall–Kier alpha value is -4.13. The van der Waals surface area contributed by atoms with Crippen molar-refractivity contribution in [3.8, 4) is 0 Å². The summed E-state index contributed by atoms with van der Waals surface area (Å²) in [7, 11) is 0. The van der Waals surface area contributed by atoms with E-state index in [2.05, 4.69) is 31.9 Å². The van der Waals surface area contributed by atoms with Gasteiger partial charge in [-0.25, -0.2) is 4.79 Å². The summed E-state index contributed by atoms with van der Waals surface area (Å²) < 4.78 is 5.06. The minimum atomic E-state index is -0.413. The summed E-state index contributed by atoms with van der Waals surface area (Å²) in [5.74, 6) is -0.413. The summed E-state index contributed by atoms with van der Waals surface area (Å²) in [4.78, 5) is 13.3. The number of azo groups is 2. The molecule has 0 aromatic heterocycles. The molecule has 0 saturated carbocycles. The molecule has 0 aliphatic rings. The standard InChI is InChI=1S/C26H27N5O2/c1-4-26(32)33-19-18-31(5-2)25-16-14-24(15-17-25)30-29-23-12-10-22(11-13-23)28-27-21-8-6-20(3)7-9-21/h4,6-17H,1,5,18-19H2,2-3H3. The van der Waals surface area contributed by atoms with E-state index in [-0.39, 0.29) is 0 Å². The zero-order valence-corrected chi connectivity index (χ0v) is 18.9. The second kappa shape index (κ2) is 12.0. The summed E-state index contributed by atoms with van der Waals surface area (Å²) in [5, 5.41) is 17.1. The second-order valence-electron chi connectivity index (χ2n) is 7.22. The Morgan fingerprint density at radius 1 is 0.818 bits per heavy atom. The fourth-order valence-electron chi connectivity index (χ4n) is 2.94. The molecule has 0 spiro atoms. The SMILES string of the molecule is C=CC(=O)OCCN(CC)c1ccc(N=Nc2ccc(N=Nc3ccc(C)cc3)cc2)cc1. The third kappa shape index (κ3) is 7.50. The Labute approximate surface area is 194 Å². The van der Waals surface area contributed by atoms with Crippen LogP contribution in [0.1, 0.15) is 12.5 Å². The number of anilines is 1. The Kier molecular flexibility index (Phi) is 8.59. The van der Waals surface area contributed by atoms with Gasteiger partial charge in [-0.3, -0.25) is 0 Å². The minimum Gasteiger partial charge on any atom is -0.461 e. The maximum Gasteiger partial charge on any atom is 0.330 e. The molecule has 7 nitrogen and oxygen atoms in total. The number of hydrogen-bond acceptors (Lipinski definition) is 7. The number of carbonyl (C=O) groups is 1. The summed E-state index contributed by atoms with van der Waals surface area (Å²) in [6.07, 6.45) is 1.17. The van der Waals surface area contributed by atoms with Crippen LogP contribution in [-0.4, -0.2) is 25.7 Å². The predicted molar refractivity (Wildman–Crippen MR) is 131 cm³/mol. The van der Waals surface area contributed by atoms with Crippen molar-refractivity contribution in [2.45, 2.75) is 13.8 Å². The number of carbonyl (C=O) groups excluding carboxylic acids is 1. The molecule has 0 aliphatic carbocycles. The molecule has 3 rings (SSSR count). The first-order valence-corrected chi connectivity index (χ1v) is 10.7. The Morgan fingerprint density at radius 2 is 1.24 bits per heavy atom. The fourth-order valence-corrected chi connectivity index (χ4v) is 2.94. The normalized spacial score (nSPS) is 11.1. The largest absolute Gasteiger partial charge is 0.461 e. The molecular weight excluding hydrogens is 414 g/mol. The van der Waals surface area contributed by atoms with E-state index >= 15 is 0 Å². The van der Waals surface area contributed by atoms with Gasteiger partial charge in [0, 0.05) is 18.3 Å². The zero-order valence-electron chi connectivity index (χ0n) is 18.9. The lowest BCUT2D eigenvalue weighted by molar-refractivity contribution is -0.137. The van der Waals surface area contributed by atoms with Crippen molar-refractivity contribution in [3.05, 3.63) is 91.0 Å². The molecule has 0 atom stereocenters. The van der Waals surface area contributed by atoms with Crippen LogP contribution < -0.4 is 4.90 Å². The highest BCUT2D eigenvalue weighted by Crippen LogP contribution is 2.25. The zero-order chi connectivity index (χ0) is 23.5. The highest BCUT2D eigenvalue weighted by molar-refractivity contribution is 5.81. The van der Waals surface area contributed by atoms with Gasteiger partial charge < -0.3 is 9.64 Å². The molecule has 0 saturated heterocycles. The van der Waals surface area contributed by atoms with Crippen LogP contribution >= 0.6 is 0 Å². The maximum absolute atomic E-state index is 11.2. The molecule has 7 heteroatoms. The average Bonchev–Trinajstić information content (AvgIpc) is 2.86. The molecule has 3 aromatic rings. The van der Waals surface area contributed by atoms with Crippen LogP contribution in [0.5, 0.6) is 0 Å². The van der Waals surface area contributed by atoms with Gasteiger partial charge in [0.05, 0.1) is 29.3 Å². The van der Waals surface area contributed by atoms with Gasteiger partial charge in [-0.2, -0.15) is 20.5 Å². The number of likely N-dealkylation sites (N-methyl/N-ethyl adjacent to an activating group) is 1. The van der Waals surface area contributed by atoms with E-state index in [9.17, 15) is 4.79 Å². The summed E-state index contributed by atoms with van der Waals surface area (Å²) >= 11 is 0. The second-order valence-corrected chi connectivity index (χ2v) is 7.22. The van der Waals surface area contributed by atoms with Gasteiger partial charge in [-0.05, 0) is 74.5 Å². The minimum absolute atomic E-state index is 0.306. The molecule has 0 amide bonds. The highest BCUT2D eigenvalue weighted by Gasteiger charge is 2.05. The lowest BCUT2D eigenvalue weighted by atomic mass is 10.2. The van der Waals surface area contributed by atoms with E-state index in [0.717, 1.165) is 35.0 Å². The van der Waals surface area contributed by atoms with Gasteiger partial charge >= 0.3 is 5.97 Å². The number of rotatable bonds is 10. The van der Waals surface area contributed by atoms with Crippen molar-refractivity contribution < 1.29 is 9.53 Å². The fraction of sp³-hybridized carbons (Fsp3) is 0.192. The Balaban J connectivity index is 1.56. The summed E-state index contributed by atoms with van der Waals surface area (Å²) in [5.41, 5.74) is 5.25. The Bertz CT molecular complexity index is 1100. The number of esters is 1. The van der Waals surface area contributed by atoms with Crippen LogP contribution in [0.3, 0.4) is 0 Å². The van der Waals surface area contributed by atoms with Gasteiger partial charge in [0.25, 0.3) is 0 Å². The average molecular weight is 442 g/mol. The van der Waals surface area contributed by atoms with E-state index in [1.807, 2.05) is 86.6 Å². The van der Waals surface area contributed by atoms with Crippen LogP contribution in [0.4, 0.5) is 28.4 Å². The number of ether oxygens (including phenoxy) is 1. The van der Waals surface area contributed by atoms with Crippen molar-refractivity contribution in [2.75, 3.05) is 24.6 Å². The molecule has 33 heavy (non-hydrogen) atoms. The monoisotopic (exact) mass is 441 g/mol. The molecule has 0 radical (unpaired) electrons. The third-order valence-corrected chi connectivity index (χ3v) is 4.81. The first-order chi connectivity index (χ1) is 16.1. The van der Waals surface area contributed by atoms with Crippen molar-refractivity contribution in [1.29, 1.82) is 0 Å². The maximum atomic E-state index is 11.2. The number of aryl methyl sites for hydroxylation is 1. The molecule has 168 valence electrons. The van der Waals surface area contributed by atoms with Crippen LogP contribution in [0, 0.1) is 6.92 Å². The van der Waals surface area contributed by atoms with E-state index in [1.54, 1.807) is 0 Å².